The molecule has 0 spiro atoms. The van der Waals surface area contributed by atoms with Crippen molar-refractivity contribution in [3.05, 3.63) is 17.0 Å². The minimum absolute atomic E-state index is 0.0953. The van der Waals surface area contributed by atoms with Gasteiger partial charge >= 0.3 is 0 Å². The Morgan fingerprint density at radius 2 is 2.39 bits per heavy atom. The number of carbonyl (C=O) groups excluding carboxylic acids is 1. The Kier molecular flexibility index (Phi) is 3.98. The lowest BCUT2D eigenvalue weighted by Gasteiger charge is -2.35. The van der Waals surface area contributed by atoms with Gasteiger partial charge in [0.15, 0.2) is 0 Å². The van der Waals surface area contributed by atoms with Gasteiger partial charge in [0, 0.05) is 19.7 Å². The van der Waals surface area contributed by atoms with Gasteiger partial charge < -0.3 is 15.0 Å². The quantitative estimate of drug-likeness (QED) is 0.788. The van der Waals surface area contributed by atoms with Gasteiger partial charge in [-0.15, -0.1) is 0 Å². The third-order valence-electron chi connectivity index (χ3n) is 2.76. The van der Waals surface area contributed by atoms with Crippen molar-refractivity contribution in [3.63, 3.8) is 0 Å². The second-order valence-corrected chi connectivity index (χ2v) is 4.38. The van der Waals surface area contributed by atoms with Gasteiger partial charge in [0.05, 0.1) is 13.2 Å². The van der Waals surface area contributed by atoms with Crippen LogP contribution in [0, 0.1) is 6.92 Å². The number of ether oxygens (including phenoxy) is 1. The summed E-state index contributed by atoms with van der Waals surface area (Å²) in [7, 11) is 1.60. The number of amides is 1. The fraction of sp³-hybridized carbons (Fsp3) is 0.545. The zero-order chi connectivity index (χ0) is 13.1. The predicted molar refractivity (Wildman–Crippen MR) is 67.8 cm³/mol. The van der Waals surface area contributed by atoms with Gasteiger partial charge in [-0.2, -0.15) is 0 Å². The molecule has 1 saturated heterocycles. The maximum atomic E-state index is 11.8. The van der Waals surface area contributed by atoms with Crippen LogP contribution in [0.2, 0.25) is 5.15 Å². The van der Waals surface area contributed by atoms with Crippen LogP contribution in [-0.2, 0) is 9.53 Å². The van der Waals surface area contributed by atoms with Gasteiger partial charge in [-0.25, -0.2) is 9.97 Å². The number of nitrogens with one attached hydrogen (secondary N) is 1. The molecule has 0 aromatic carbocycles. The summed E-state index contributed by atoms with van der Waals surface area (Å²) in [5.41, 5.74) is 0. The van der Waals surface area contributed by atoms with Crippen LogP contribution in [0.5, 0.6) is 0 Å². The van der Waals surface area contributed by atoms with Crippen molar-refractivity contribution >= 4 is 23.3 Å². The molecular formula is C11H15ClN4O2. The number of rotatable bonds is 2. The maximum absolute atomic E-state index is 11.8. The zero-order valence-corrected chi connectivity index (χ0v) is 11.1. The van der Waals surface area contributed by atoms with E-state index in [1.807, 2.05) is 4.90 Å². The van der Waals surface area contributed by atoms with Crippen LogP contribution in [0.1, 0.15) is 5.82 Å². The highest BCUT2D eigenvalue weighted by Crippen LogP contribution is 2.20. The normalized spacial score (nSPS) is 19.7. The summed E-state index contributed by atoms with van der Waals surface area (Å²) in [4.78, 5) is 22.0. The van der Waals surface area contributed by atoms with E-state index in [1.54, 1.807) is 20.0 Å². The molecule has 0 saturated carbocycles. The predicted octanol–water partition coefficient (Wildman–Crippen LogP) is 0.390. The van der Waals surface area contributed by atoms with Gasteiger partial charge in [0.2, 0.25) is 5.91 Å². The summed E-state index contributed by atoms with van der Waals surface area (Å²) < 4.78 is 5.34. The Labute approximate surface area is 110 Å². The first-order valence-electron chi connectivity index (χ1n) is 5.69. The van der Waals surface area contributed by atoms with E-state index in [2.05, 4.69) is 15.3 Å². The van der Waals surface area contributed by atoms with E-state index in [-0.39, 0.29) is 11.9 Å². The number of hydrogen-bond acceptors (Lipinski definition) is 5. The molecule has 1 amide bonds. The van der Waals surface area contributed by atoms with Crippen molar-refractivity contribution in [1.29, 1.82) is 0 Å². The number of morpholine rings is 1. The Bertz CT molecular complexity index is 434. The zero-order valence-electron chi connectivity index (χ0n) is 10.3. The summed E-state index contributed by atoms with van der Waals surface area (Å²) >= 11 is 5.92. The molecule has 1 aliphatic rings. The molecule has 0 bridgehead atoms. The number of anilines is 1. The van der Waals surface area contributed by atoms with Crippen molar-refractivity contribution in [2.75, 3.05) is 31.7 Å². The molecule has 1 N–H and O–H groups in total. The smallest absolute Gasteiger partial charge is 0.244 e. The lowest BCUT2D eigenvalue weighted by atomic mass is 10.2. The van der Waals surface area contributed by atoms with E-state index in [4.69, 9.17) is 16.3 Å². The Morgan fingerprint density at radius 3 is 3.06 bits per heavy atom. The van der Waals surface area contributed by atoms with Gasteiger partial charge in [-0.1, -0.05) is 11.6 Å². The number of hydrogen-bond donors (Lipinski definition) is 1. The van der Waals surface area contributed by atoms with Crippen molar-refractivity contribution in [2.45, 2.75) is 13.0 Å². The molecule has 2 heterocycles. The summed E-state index contributed by atoms with van der Waals surface area (Å²) in [5, 5.41) is 3.00. The minimum Gasteiger partial charge on any atom is -0.377 e. The standard InChI is InChI=1S/C11H15ClN4O2/c1-7-14-9(12)5-10(15-7)16-3-4-18-6-8(16)11(17)13-2/h5,8H,3-4,6H2,1-2H3,(H,13,17). The van der Waals surface area contributed by atoms with Crippen molar-refractivity contribution in [2.24, 2.45) is 0 Å². The molecule has 1 aromatic heterocycles. The van der Waals surface area contributed by atoms with Gasteiger partial charge in [-0.05, 0) is 6.92 Å². The summed E-state index contributed by atoms with van der Waals surface area (Å²) in [6.07, 6.45) is 0. The average molecular weight is 271 g/mol. The van der Waals surface area contributed by atoms with Gasteiger partial charge in [0.25, 0.3) is 0 Å². The van der Waals surface area contributed by atoms with E-state index < -0.39 is 0 Å². The largest absolute Gasteiger partial charge is 0.377 e. The van der Waals surface area contributed by atoms with Crippen LogP contribution in [0.25, 0.3) is 0 Å². The van der Waals surface area contributed by atoms with Crippen LogP contribution in [-0.4, -0.2) is 48.7 Å². The highest BCUT2D eigenvalue weighted by Gasteiger charge is 2.30. The van der Waals surface area contributed by atoms with Crippen molar-refractivity contribution < 1.29 is 9.53 Å². The maximum Gasteiger partial charge on any atom is 0.244 e. The van der Waals surface area contributed by atoms with Gasteiger partial charge in [-0.3, -0.25) is 4.79 Å². The second-order valence-electron chi connectivity index (χ2n) is 3.99. The molecule has 1 aromatic rings. The molecular weight excluding hydrogens is 256 g/mol. The Hall–Kier alpha value is -1.40. The first-order valence-corrected chi connectivity index (χ1v) is 6.07. The van der Waals surface area contributed by atoms with Gasteiger partial charge in [0.1, 0.15) is 22.8 Å². The number of aryl methyl sites for hydroxylation is 1. The fourth-order valence-corrected chi connectivity index (χ4v) is 2.15. The molecule has 6 nitrogen and oxygen atoms in total. The molecule has 1 atom stereocenters. The average Bonchev–Trinajstić information content (AvgIpc) is 2.36. The number of carbonyl (C=O) groups is 1. The van der Waals surface area contributed by atoms with E-state index in [0.29, 0.717) is 36.6 Å². The van der Waals surface area contributed by atoms with Crippen LogP contribution in [0.4, 0.5) is 5.82 Å². The first kappa shape index (κ1) is 13.0. The van der Waals surface area contributed by atoms with Crippen LogP contribution < -0.4 is 10.2 Å². The third kappa shape index (κ3) is 2.70. The topological polar surface area (TPSA) is 67.3 Å². The van der Waals surface area contributed by atoms with Crippen LogP contribution in [0.3, 0.4) is 0 Å². The molecule has 1 aliphatic heterocycles. The number of likely N-dealkylation sites (N-methyl/N-ethyl adjacent to an activating group) is 1. The summed E-state index contributed by atoms with van der Waals surface area (Å²) in [5.74, 6) is 1.14. The molecule has 18 heavy (non-hydrogen) atoms. The summed E-state index contributed by atoms with van der Waals surface area (Å²) in [6.45, 7) is 3.28. The lowest BCUT2D eigenvalue weighted by Crippen LogP contribution is -2.53. The molecule has 98 valence electrons. The van der Waals surface area contributed by atoms with E-state index in [0.717, 1.165) is 0 Å². The molecule has 0 aliphatic carbocycles. The van der Waals surface area contributed by atoms with E-state index >= 15 is 0 Å². The molecule has 1 fully saturated rings. The third-order valence-corrected chi connectivity index (χ3v) is 2.96. The number of aromatic nitrogens is 2. The Morgan fingerprint density at radius 1 is 1.61 bits per heavy atom. The van der Waals surface area contributed by atoms with Crippen molar-refractivity contribution in [3.8, 4) is 0 Å². The highest BCUT2D eigenvalue weighted by molar-refractivity contribution is 6.29. The molecule has 1 unspecified atom stereocenters. The highest BCUT2D eigenvalue weighted by atomic mass is 35.5. The fourth-order valence-electron chi connectivity index (χ4n) is 1.93. The first-order chi connectivity index (χ1) is 8.61. The van der Waals surface area contributed by atoms with Crippen LogP contribution in [0.15, 0.2) is 6.07 Å². The number of halogens is 1. The lowest BCUT2D eigenvalue weighted by molar-refractivity contribution is -0.124. The number of nitrogens with zero attached hydrogens (tertiary/aromatic N) is 3. The second kappa shape index (κ2) is 5.49. The monoisotopic (exact) mass is 270 g/mol. The van der Waals surface area contributed by atoms with E-state index in [9.17, 15) is 4.79 Å². The molecule has 7 heteroatoms. The molecule has 0 radical (unpaired) electrons. The molecule has 2 rings (SSSR count). The Balaban J connectivity index is 2.30. The SMILES string of the molecule is CNC(=O)C1COCCN1c1cc(Cl)nc(C)n1. The van der Waals surface area contributed by atoms with E-state index in [1.165, 1.54) is 0 Å². The van der Waals surface area contributed by atoms with Crippen molar-refractivity contribution in [1.82, 2.24) is 15.3 Å². The minimum atomic E-state index is -0.380. The summed E-state index contributed by atoms with van der Waals surface area (Å²) in [6, 6.07) is 1.28. The van der Waals surface area contributed by atoms with Crippen LogP contribution >= 0.6 is 11.6 Å².